The maximum absolute atomic E-state index is 6.31. The molecule has 0 bridgehead atoms. The van der Waals surface area contributed by atoms with Crippen LogP contribution < -0.4 is 5.73 Å². The van der Waals surface area contributed by atoms with Gasteiger partial charge in [0.1, 0.15) is 0 Å². The van der Waals surface area contributed by atoms with Crippen LogP contribution in [0.4, 0.5) is 0 Å². The van der Waals surface area contributed by atoms with Crippen molar-refractivity contribution in [2.45, 2.75) is 68.9 Å². The first-order valence-electron chi connectivity index (χ1n) is 6.01. The van der Waals surface area contributed by atoms with Gasteiger partial charge >= 0.3 is 0 Å². The van der Waals surface area contributed by atoms with Gasteiger partial charge in [0.15, 0.2) is 0 Å². The molecule has 2 atom stereocenters. The van der Waals surface area contributed by atoms with Gasteiger partial charge in [-0.3, -0.25) is 0 Å². The molecule has 2 fully saturated rings. The quantitative estimate of drug-likeness (QED) is 0.762. The van der Waals surface area contributed by atoms with E-state index in [9.17, 15) is 0 Å². The van der Waals surface area contributed by atoms with Gasteiger partial charge in [-0.1, -0.05) is 26.7 Å². The molecular weight excluding hydrogens is 190 g/mol. The predicted octanol–water partition coefficient (Wildman–Crippen LogP) is 3.18. The SMILES string of the molecule is CC1(C)CCC(SC2CCCC2)C1N. The first-order valence-corrected chi connectivity index (χ1v) is 6.95. The molecule has 2 aliphatic rings. The van der Waals surface area contributed by atoms with E-state index < -0.39 is 0 Å². The fourth-order valence-corrected chi connectivity index (χ4v) is 4.68. The van der Waals surface area contributed by atoms with E-state index in [1.54, 1.807) is 0 Å². The van der Waals surface area contributed by atoms with E-state index in [0.29, 0.717) is 11.5 Å². The predicted molar refractivity (Wildman–Crippen MR) is 64.6 cm³/mol. The van der Waals surface area contributed by atoms with Crippen molar-refractivity contribution in [2.24, 2.45) is 11.1 Å². The van der Waals surface area contributed by atoms with Gasteiger partial charge in [0.25, 0.3) is 0 Å². The number of hydrogen-bond donors (Lipinski definition) is 1. The fraction of sp³-hybridized carbons (Fsp3) is 1.00. The normalized spacial score (nSPS) is 37.9. The minimum atomic E-state index is 0.385. The fourth-order valence-electron chi connectivity index (χ4n) is 2.79. The van der Waals surface area contributed by atoms with Gasteiger partial charge in [0.2, 0.25) is 0 Å². The first-order chi connectivity index (χ1) is 6.59. The molecule has 1 nitrogen and oxygen atoms in total. The molecule has 0 radical (unpaired) electrons. The maximum Gasteiger partial charge on any atom is 0.0211 e. The molecular formula is C12H23NS. The van der Waals surface area contributed by atoms with Gasteiger partial charge in [-0.05, 0) is 31.1 Å². The van der Waals surface area contributed by atoms with Gasteiger partial charge in [-0.15, -0.1) is 0 Å². The molecule has 14 heavy (non-hydrogen) atoms. The Hall–Kier alpha value is 0.310. The van der Waals surface area contributed by atoms with Crippen LogP contribution in [-0.4, -0.2) is 16.5 Å². The summed E-state index contributed by atoms with van der Waals surface area (Å²) >= 11 is 2.20. The molecule has 0 aromatic carbocycles. The van der Waals surface area contributed by atoms with Gasteiger partial charge < -0.3 is 5.73 Å². The minimum Gasteiger partial charge on any atom is -0.326 e. The van der Waals surface area contributed by atoms with Crippen LogP contribution in [0.25, 0.3) is 0 Å². The van der Waals surface area contributed by atoms with Crippen LogP contribution in [0.1, 0.15) is 52.4 Å². The average molecular weight is 213 g/mol. The Morgan fingerprint density at radius 3 is 2.29 bits per heavy atom. The minimum absolute atomic E-state index is 0.385. The lowest BCUT2D eigenvalue weighted by Gasteiger charge is -2.27. The lowest BCUT2D eigenvalue weighted by molar-refractivity contribution is 0.334. The number of nitrogens with two attached hydrogens (primary N) is 1. The highest BCUT2D eigenvalue weighted by Crippen LogP contribution is 2.45. The molecule has 0 saturated heterocycles. The summed E-state index contributed by atoms with van der Waals surface area (Å²) in [6.45, 7) is 4.65. The summed E-state index contributed by atoms with van der Waals surface area (Å²) in [6, 6.07) is 0.424. The van der Waals surface area contributed by atoms with Gasteiger partial charge in [-0.2, -0.15) is 11.8 Å². The Kier molecular flexibility index (Phi) is 3.13. The van der Waals surface area contributed by atoms with Crippen LogP contribution in [0, 0.1) is 5.41 Å². The molecule has 2 heteroatoms. The number of hydrogen-bond acceptors (Lipinski definition) is 2. The molecule has 0 aromatic heterocycles. The van der Waals surface area contributed by atoms with Crippen LogP contribution >= 0.6 is 11.8 Å². The summed E-state index contributed by atoms with van der Waals surface area (Å²) in [5, 5.41) is 1.67. The smallest absolute Gasteiger partial charge is 0.0211 e. The highest BCUT2D eigenvalue weighted by Gasteiger charge is 2.40. The van der Waals surface area contributed by atoms with Crippen LogP contribution in [0.5, 0.6) is 0 Å². The van der Waals surface area contributed by atoms with Crippen molar-refractivity contribution in [1.29, 1.82) is 0 Å². The van der Waals surface area contributed by atoms with E-state index in [-0.39, 0.29) is 0 Å². The summed E-state index contributed by atoms with van der Waals surface area (Å²) in [6.07, 6.45) is 8.43. The maximum atomic E-state index is 6.31. The number of rotatable bonds is 2. The van der Waals surface area contributed by atoms with Crippen molar-refractivity contribution in [1.82, 2.24) is 0 Å². The zero-order chi connectivity index (χ0) is 10.2. The topological polar surface area (TPSA) is 26.0 Å². The second-order valence-corrected chi connectivity index (χ2v) is 7.18. The third-order valence-electron chi connectivity index (χ3n) is 4.05. The highest BCUT2D eigenvalue weighted by molar-refractivity contribution is 8.00. The summed E-state index contributed by atoms with van der Waals surface area (Å²) in [5.74, 6) is 0. The van der Waals surface area contributed by atoms with Crippen LogP contribution in [0.15, 0.2) is 0 Å². The molecule has 0 amide bonds. The standard InChI is InChI=1S/C12H23NS/c1-12(2)8-7-10(11(12)13)14-9-5-3-4-6-9/h9-11H,3-8,13H2,1-2H3. The van der Waals surface area contributed by atoms with Crippen molar-refractivity contribution in [3.63, 3.8) is 0 Å². The Balaban J connectivity index is 1.87. The zero-order valence-corrected chi connectivity index (χ0v) is 10.3. The monoisotopic (exact) mass is 213 g/mol. The first kappa shape index (κ1) is 10.8. The third kappa shape index (κ3) is 2.11. The van der Waals surface area contributed by atoms with E-state index in [2.05, 4.69) is 25.6 Å². The third-order valence-corrected chi connectivity index (χ3v) is 5.78. The molecule has 0 aromatic rings. The highest BCUT2D eigenvalue weighted by atomic mass is 32.2. The molecule has 0 heterocycles. The van der Waals surface area contributed by atoms with E-state index in [1.807, 2.05) is 0 Å². The Morgan fingerprint density at radius 2 is 1.79 bits per heavy atom. The van der Waals surface area contributed by atoms with Gasteiger partial charge in [0.05, 0.1) is 0 Å². The van der Waals surface area contributed by atoms with Crippen molar-refractivity contribution in [3.05, 3.63) is 0 Å². The summed E-state index contributed by atoms with van der Waals surface area (Å²) in [4.78, 5) is 0. The van der Waals surface area contributed by atoms with Crippen LogP contribution in [0.2, 0.25) is 0 Å². The molecule has 82 valence electrons. The van der Waals surface area contributed by atoms with Crippen molar-refractivity contribution >= 4 is 11.8 Å². The Labute approximate surface area is 92.2 Å². The lowest BCUT2D eigenvalue weighted by atomic mass is 9.88. The summed E-state index contributed by atoms with van der Waals surface area (Å²) in [7, 11) is 0. The van der Waals surface area contributed by atoms with Gasteiger partial charge in [-0.25, -0.2) is 0 Å². The summed E-state index contributed by atoms with van der Waals surface area (Å²) in [5.41, 5.74) is 6.70. The Bertz CT molecular complexity index is 196. The molecule has 2 unspecified atom stereocenters. The molecule has 2 N–H and O–H groups in total. The lowest BCUT2D eigenvalue weighted by Crippen LogP contribution is -2.39. The second kappa shape index (κ2) is 4.05. The molecule has 2 saturated carbocycles. The van der Waals surface area contributed by atoms with Crippen molar-refractivity contribution in [2.75, 3.05) is 0 Å². The number of thioether (sulfide) groups is 1. The molecule has 0 spiro atoms. The van der Waals surface area contributed by atoms with E-state index in [1.165, 1.54) is 38.5 Å². The summed E-state index contributed by atoms with van der Waals surface area (Å²) < 4.78 is 0. The van der Waals surface area contributed by atoms with E-state index >= 15 is 0 Å². The van der Waals surface area contributed by atoms with Gasteiger partial charge in [0, 0.05) is 16.5 Å². The second-order valence-electron chi connectivity index (χ2n) is 5.63. The van der Waals surface area contributed by atoms with E-state index in [4.69, 9.17) is 5.73 Å². The molecule has 2 aliphatic carbocycles. The zero-order valence-electron chi connectivity index (χ0n) is 9.46. The Morgan fingerprint density at radius 1 is 1.14 bits per heavy atom. The molecule has 0 aliphatic heterocycles. The van der Waals surface area contributed by atoms with E-state index in [0.717, 1.165) is 10.5 Å². The molecule has 2 rings (SSSR count). The van der Waals surface area contributed by atoms with Crippen molar-refractivity contribution in [3.8, 4) is 0 Å². The average Bonchev–Trinajstić information content (AvgIpc) is 2.70. The van der Waals surface area contributed by atoms with Crippen molar-refractivity contribution < 1.29 is 0 Å². The largest absolute Gasteiger partial charge is 0.326 e. The van der Waals surface area contributed by atoms with Crippen LogP contribution in [0.3, 0.4) is 0 Å². The van der Waals surface area contributed by atoms with Crippen LogP contribution in [-0.2, 0) is 0 Å².